The number of rotatable bonds is 6. The lowest BCUT2D eigenvalue weighted by molar-refractivity contribution is 0.600. The average molecular weight is 434 g/mol. The molecule has 154 valence electrons. The Bertz CT molecular complexity index is 1140. The van der Waals surface area contributed by atoms with Gasteiger partial charge in [0, 0.05) is 24.4 Å². The molecule has 0 aliphatic heterocycles. The number of nitrogens with zero attached hydrogens (tertiary/aromatic N) is 4. The van der Waals surface area contributed by atoms with Crippen molar-refractivity contribution < 1.29 is 8.42 Å². The highest BCUT2D eigenvalue weighted by atomic mass is 35.5. The molecular weight excluding hydrogens is 410 g/mol. The van der Waals surface area contributed by atoms with Gasteiger partial charge in [-0.2, -0.15) is 10.1 Å². The zero-order chi connectivity index (χ0) is 21.3. The van der Waals surface area contributed by atoms with Crippen molar-refractivity contribution in [1.29, 1.82) is 0 Å². The number of halogens is 1. The Hall–Kier alpha value is -2.45. The molecule has 0 aliphatic carbocycles. The molecule has 0 saturated heterocycles. The predicted octanol–water partition coefficient (Wildman–Crippen LogP) is 4.58. The second-order valence-corrected chi connectivity index (χ2v) is 9.49. The lowest BCUT2D eigenvalue weighted by Crippen LogP contribution is -2.16. The molecule has 2 heterocycles. The molecule has 0 fully saturated rings. The first-order chi connectivity index (χ1) is 13.6. The fourth-order valence-electron chi connectivity index (χ4n) is 3.14. The number of aryl methyl sites for hydroxylation is 1. The standard InChI is InChI=1S/C20H24ClN5O2S/c1-12(2)15-8-6-7-9-16(15)18-17(13(3)4)19(21)24-20(23-18)25-29(27,28)14-10-22-26(5)11-14/h6-13H,1-5H3,(H,23,24,25). The number of anilines is 1. The van der Waals surface area contributed by atoms with Crippen molar-refractivity contribution in [2.75, 3.05) is 4.72 Å². The summed E-state index contributed by atoms with van der Waals surface area (Å²) in [7, 11) is -2.24. The van der Waals surface area contributed by atoms with E-state index in [9.17, 15) is 8.42 Å². The zero-order valence-electron chi connectivity index (χ0n) is 17.0. The summed E-state index contributed by atoms with van der Waals surface area (Å²) < 4.78 is 29.2. The Kier molecular flexibility index (Phi) is 5.95. The molecule has 1 aromatic carbocycles. The largest absolute Gasteiger partial charge is 0.274 e. The van der Waals surface area contributed by atoms with E-state index in [2.05, 4.69) is 33.6 Å². The number of aromatic nitrogens is 4. The summed E-state index contributed by atoms with van der Waals surface area (Å²) in [5.74, 6) is 0.244. The van der Waals surface area contributed by atoms with Gasteiger partial charge in [0.05, 0.1) is 11.9 Å². The first kappa shape index (κ1) is 21.3. The molecule has 0 aliphatic rings. The minimum absolute atomic E-state index is 0.0248. The molecule has 9 heteroatoms. The fourth-order valence-corrected chi connectivity index (χ4v) is 4.45. The number of nitrogens with one attached hydrogen (secondary N) is 1. The minimum Gasteiger partial charge on any atom is -0.274 e. The van der Waals surface area contributed by atoms with Gasteiger partial charge in [0.15, 0.2) is 0 Å². The van der Waals surface area contributed by atoms with Crippen LogP contribution in [0.2, 0.25) is 5.15 Å². The van der Waals surface area contributed by atoms with Crippen LogP contribution < -0.4 is 4.72 Å². The Labute approximate surface area is 176 Å². The Morgan fingerprint density at radius 3 is 2.34 bits per heavy atom. The van der Waals surface area contributed by atoms with Crippen molar-refractivity contribution in [3.8, 4) is 11.3 Å². The van der Waals surface area contributed by atoms with Crippen molar-refractivity contribution in [2.24, 2.45) is 7.05 Å². The van der Waals surface area contributed by atoms with E-state index >= 15 is 0 Å². The maximum atomic E-state index is 12.7. The molecular formula is C20H24ClN5O2S. The van der Waals surface area contributed by atoms with E-state index in [1.807, 2.05) is 38.1 Å². The van der Waals surface area contributed by atoms with E-state index in [0.717, 1.165) is 16.7 Å². The lowest BCUT2D eigenvalue weighted by atomic mass is 9.91. The second-order valence-electron chi connectivity index (χ2n) is 7.45. The van der Waals surface area contributed by atoms with Gasteiger partial charge in [0.1, 0.15) is 10.0 Å². The number of benzene rings is 1. The summed E-state index contributed by atoms with van der Waals surface area (Å²) >= 11 is 6.49. The van der Waals surface area contributed by atoms with E-state index in [0.29, 0.717) is 5.69 Å². The van der Waals surface area contributed by atoms with E-state index in [4.69, 9.17) is 11.6 Å². The van der Waals surface area contributed by atoms with Gasteiger partial charge >= 0.3 is 0 Å². The Balaban J connectivity index is 2.16. The predicted molar refractivity (Wildman–Crippen MR) is 115 cm³/mol. The smallest absolute Gasteiger partial charge is 0.267 e. The number of hydrogen-bond donors (Lipinski definition) is 1. The Morgan fingerprint density at radius 2 is 1.76 bits per heavy atom. The Morgan fingerprint density at radius 1 is 1.07 bits per heavy atom. The van der Waals surface area contributed by atoms with Crippen LogP contribution in [0.3, 0.4) is 0 Å². The molecule has 0 spiro atoms. The number of sulfonamides is 1. The first-order valence-electron chi connectivity index (χ1n) is 9.28. The van der Waals surface area contributed by atoms with Gasteiger partial charge < -0.3 is 0 Å². The van der Waals surface area contributed by atoms with Crippen molar-refractivity contribution in [1.82, 2.24) is 19.7 Å². The zero-order valence-corrected chi connectivity index (χ0v) is 18.6. The van der Waals surface area contributed by atoms with Gasteiger partial charge in [0.25, 0.3) is 10.0 Å². The third-order valence-electron chi connectivity index (χ3n) is 4.53. The molecule has 0 bridgehead atoms. The van der Waals surface area contributed by atoms with Gasteiger partial charge in [-0.3, -0.25) is 4.68 Å². The van der Waals surface area contributed by atoms with Crippen LogP contribution in [0.5, 0.6) is 0 Å². The fraction of sp³-hybridized carbons (Fsp3) is 0.350. The van der Waals surface area contributed by atoms with Crippen LogP contribution in [0.25, 0.3) is 11.3 Å². The maximum Gasteiger partial charge on any atom is 0.267 e. The van der Waals surface area contributed by atoms with E-state index in [-0.39, 0.29) is 27.8 Å². The van der Waals surface area contributed by atoms with Gasteiger partial charge in [-0.15, -0.1) is 0 Å². The van der Waals surface area contributed by atoms with Crippen molar-refractivity contribution in [2.45, 2.75) is 44.4 Å². The summed E-state index contributed by atoms with van der Waals surface area (Å²) in [5.41, 5.74) is 3.43. The van der Waals surface area contributed by atoms with Crippen LogP contribution >= 0.6 is 11.6 Å². The first-order valence-corrected chi connectivity index (χ1v) is 11.1. The molecule has 2 aromatic heterocycles. The van der Waals surface area contributed by atoms with Crippen molar-refractivity contribution in [3.05, 3.63) is 52.9 Å². The van der Waals surface area contributed by atoms with Crippen LogP contribution in [-0.4, -0.2) is 28.2 Å². The summed E-state index contributed by atoms with van der Waals surface area (Å²) in [6.45, 7) is 8.21. The summed E-state index contributed by atoms with van der Waals surface area (Å²) in [5, 5.41) is 4.14. The van der Waals surface area contributed by atoms with Gasteiger partial charge in [0.2, 0.25) is 5.95 Å². The quantitative estimate of drug-likeness (QED) is 0.574. The highest BCUT2D eigenvalue weighted by molar-refractivity contribution is 7.92. The van der Waals surface area contributed by atoms with Crippen LogP contribution in [0.4, 0.5) is 5.95 Å². The molecule has 0 radical (unpaired) electrons. The van der Waals surface area contributed by atoms with Gasteiger partial charge in [-0.25, -0.2) is 18.1 Å². The average Bonchev–Trinajstić information content (AvgIpc) is 3.08. The van der Waals surface area contributed by atoms with E-state index < -0.39 is 10.0 Å². The van der Waals surface area contributed by atoms with Crippen molar-refractivity contribution in [3.63, 3.8) is 0 Å². The molecule has 1 N–H and O–H groups in total. The van der Waals surface area contributed by atoms with Crippen molar-refractivity contribution >= 4 is 27.6 Å². The molecule has 3 rings (SSSR count). The molecule has 0 amide bonds. The van der Waals surface area contributed by atoms with Crippen LogP contribution in [0.15, 0.2) is 41.6 Å². The van der Waals surface area contributed by atoms with E-state index in [1.165, 1.54) is 17.1 Å². The summed E-state index contributed by atoms with van der Waals surface area (Å²) in [6, 6.07) is 7.92. The topological polar surface area (TPSA) is 89.8 Å². The molecule has 0 atom stereocenters. The molecule has 7 nitrogen and oxygen atoms in total. The van der Waals surface area contributed by atoms with Crippen LogP contribution in [0, 0.1) is 0 Å². The third-order valence-corrected chi connectivity index (χ3v) is 6.10. The van der Waals surface area contributed by atoms with Gasteiger partial charge in [-0.05, 0) is 17.4 Å². The monoisotopic (exact) mass is 433 g/mol. The highest BCUT2D eigenvalue weighted by Crippen LogP contribution is 2.37. The molecule has 29 heavy (non-hydrogen) atoms. The SMILES string of the molecule is CC(C)c1ccccc1-c1nc(NS(=O)(=O)c2cnn(C)c2)nc(Cl)c1C(C)C. The minimum atomic E-state index is -3.88. The van der Waals surface area contributed by atoms with Crippen LogP contribution in [-0.2, 0) is 17.1 Å². The molecule has 3 aromatic rings. The summed E-state index contributed by atoms with van der Waals surface area (Å²) in [6.07, 6.45) is 2.67. The van der Waals surface area contributed by atoms with Gasteiger partial charge in [-0.1, -0.05) is 63.6 Å². The second kappa shape index (κ2) is 8.12. The molecule has 0 unspecified atom stereocenters. The third kappa shape index (κ3) is 4.43. The van der Waals surface area contributed by atoms with Crippen LogP contribution in [0.1, 0.15) is 50.7 Å². The number of hydrogen-bond acceptors (Lipinski definition) is 5. The maximum absolute atomic E-state index is 12.7. The normalized spacial score (nSPS) is 12.0. The molecule has 0 saturated carbocycles. The highest BCUT2D eigenvalue weighted by Gasteiger charge is 2.23. The summed E-state index contributed by atoms with van der Waals surface area (Å²) in [4.78, 5) is 8.81. The lowest BCUT2D eigenvalue weighted by Gasteiger charge is -2.19. The van der Waals surface area contributed by atoms with E-state index in [1.54, 1.807) is 7.05 Å².